The molecule has 138 valence electrons. The van der Waals surface area contributed by atoms with Gasteiger partial charge in [-0.25, -0.2) is 4.39 Å². The Labute approximate surface area is 154 Å². The van der Waals surface area contributed by atoms with Gasteiger partial charge in [-0.2, -0.15) is 0 Å². The lowest BCUT2D eigenvalue weighted by atomic mass is 9.91. The lowest BCUT2D eigenvalue weighted by molar-refractivity contribution is -0.125. The molecule has 1 aliphatic carbocycles. The van der Waals surface area contributed by atoms with Gasteiger partial charge < -0.3 is 15.4 Å². The van der Waals surface area contributed by atoms with Crippen molar-refractivity contribution >= 4 is 18.3 Å². The van der Waals surface area contributed by atoms with Crippen molar-refractivity contribution in [3.63, 3.8) is 0 Å². The van der Waals surface area contributed by atoms with E-state index >= 15 is 0 Å². The van der Waals surface area contributed by atoms with Crippen molar-refractivity contribution in [2.45, 2.75) is 44.2 Å². The minimum absolute atomic E-state index is 0. The highest BCUT2D eigenvalue weighted by molar-refractivity contribution is 5.85. The molecule has 3 aliphatic rings. The number of benzene rings is 1. The number of hydrogen-bond donors (Lipinski definition) is 2. The molecule has 1 aromatic rings. The fraction of sp³-hybridized carbons (Fsp3) is 0.632. The van der Waals surface area contributed by atoms with Crippen molar-refractivity contribution in [2.75, 3.05) is 19.7 Å². The van der Waals surface area contributed by atoms with Crippen LogP contribution < -0.4 is 10.6 Å². The molecule has 4 nitrogen and oxygen atoms in total. The SMILES string of the molecule is Cl.O=C(NC(c1ccc(F)cc1)C1CCCO1)C1CC12CCNCC2. The van der Waals surface area contributed by atoms with Crippen molar-refractivity contribution in [2.24, 2.45) is 11.3 Å². The molecular formula is C19H26ClFN2O2. The summed E-state index contributed by atoms with van der Waals surface area (Å²) in [6.07, 6.45) is 5.11. The minimum atomic E-state index is -0.257. The summed E-state index contributed by atoms with van der Waals surface area (Å²) in [4.78, 5) is 12.8. The zero-order valence-corrected chi connectivity index (χ0v) is 15.1. The molecule has 4 rings (SSSR count). The minimum Gasteiger partial charge on any atom is -0.376 e. The number of piperidine rings is 1. The third-order valence-electron chi connectivity index (χ3n) is 5.97. The van der Waals surface area contributed by atoms with Crippen LogP contribution in [-0.4, -0.2) is 31.7 Å². The first-order valence-electron chi connectivity index (χ1n) is 9.06. The van der Waals surface area contributed by atoms with E-state index in [0.29, 0.717) is 0 Å². The van der Waals surface area contributed by atoms with Gasteiger partial charge in [-0.15, -0.1) is 12.4 Å². The number of hydrogen-bond acceptors (Lipinski definition) is 3. The van der Waals surface area contributed by atoms with Crippen LogP contribution in [0.3, 0.4) is 0 Å². The largest absolute Gasteiger partial charge is 0.376 e. The van der Waals surface area contributed by atoms with Crippen LogP contribution in [0.25, 0.3) is 0 Å². The van der Waals surface area contributed by atoms with Crippen LogP contribution in [0.15, 0.2) is 24.3 Å². The number of nitrogens with one attached hydrogen (secondary N) is 2. The summed E-state index contributed by atoms with van der Waals surface area (Å²) in [6.45, 7) is 2.76. The molecule has 0 bridgehead atoms. The first kappa shape index (κ1) is 18.6. The summed E-state index contributed by atoms with van der Waals surface area (Å²) in [7, 11) is 0. The van der Waals surface area contributed by atoms with Crippen LogP contribution in [0.5, 0.6) is 0 Å². The third kappa shape index (κ3) is 3.83. The Morgan fingerprint density at radius 3 is 2.64 bits per heavy atom. The Balaban J connectivity index is 0.00000182. The number of carbonyl (C=O) groups excluding carboxylic acids is 1. The first-order chi connectivity index (χ1) is 11.7. The number of amides is 1. The van der Waals surface area contributed by atoms with Gasteiger partial charge in [0.25, 0.3) is 0 Å². The van der Waals surface area contributed by atoms with Gasteiger partial charge in [0.2, 0.25) is 5.91 Å². The summed E-state index contributed by atoms with van der Waals surface area (Å²) in [5.41, 5.74) is 1.15. The average molecular weight is 369 g/mol. The monoisotopic (exact) mass is 368 g/mol. The average Bonchev–Trinajstić information content (AvgIpc) is 3.04. The second-order valence-corrected chi connectivity index (χ2v) is 7.46. The fourth-order valence-corrected chi connectivity index (χ4v) is 4.38. The molecule has 1 spiro atoms. The van der Waals surface area contributed by atoms with Gasteiger partial charge in [-0.1, -0.05) is 12.1 Å². The van der Waals surface area contributed by atoms with Crippen molar-refractivity contribution < 1.29 is 13.9 Å². The van der Waals surface area contributed by atoms with E-state index in [4.69, 9.17) is 4.74 Å². The molecule has 25 heavy (non-hydrogen) atoms. The van der Waals surface area contributed by atoms with Gasteiger partial charge in [0, 0.05) is 12.5 Å². The standard InChI is InChI=1S/C19H25FN2O2.ClH/c20-14-5-3-13(4-6-14)17(16-2-1-11-24-16)22-18(23)15-12-19(15)7-9-21-10-8-19;/h3-6,15-17,21H,1-2,7-12H2,(H,22,23);1H. The molecule has 1 aromatic carbocycles. The molecule has 0 radical (unpaired) electrons. The summed E-state index contributed by atoms with van der Waals surface area (Å²) < 4.78 is 19.1. The number of halogens is 2. The molecule has 3 unspecified atom stereocenters. The second-order valence-electron chi connectivity index (χ2n) is 7.46. The van der Waals surface area contributed by atoms with Crippen molar-refractivity contribution in [3.05, 3.63) is 35.6 Å². The van der Waals surface area contributed by atoms with Gasteiger partial charge in [0.15, 0.2) is 0 Å². The number of carbonyl (C=O) groups is 1. The zero-order valence-electron chi connectivity index (χ0n) is 14.3. The maximum Gasteiger partial charge on any atom is 0.224 e. The summed E-state index contributed by atoms with van der Waals surface area (Å²) in [6, 6.07) is 6.24. The Morgan fingerprint density at radius 1 is 1.28 bits per heavy atom. The number of rotatable bonds is 4. The molecule has 0 aromatic heterocycles. The molecule has 3 atom stereocenters. The highest BCUT2D eigenvalue weighted by Crippen LogP contribution is 2.58. The van der Waals surface area contributed by atoms with Crippen LogP contribution in [0.1, 0.15) is 43.7 Å². The Kier molecular flexibility index (Phi) is 5.66. The zero-order chi connectivity index (χ0) is 16.6. The molecule has 1 saturated carbocycles. The van der Waals surface area contributed by atoms with E-state index in [9.17, 15) is 9.18 Å². The van der Waals surface area contributed by atoms with E-state index in [1.165, 1.54) is 12.1 Å². The highest BCUT2D eigenvalue weighted by atomic mass is 35.5. The topological polar surface area (TPSA) is 50.4 Å². The van der Waals surface area contributed by atoms with Crippen LogP contribution in [0, 0.1) is 17.2 Å². The maximum absolute atomic E-state index is 13.2. The second kappa shape index (κ2) is 7.60. The van der Waals surface area contributed by atoms with E-state index < -0.39 is 0 Å². The normalized spacial score (nSPS) is 28.2. The summed E-state index contributed by atoms with van der Waals surface area (Å²) >= 11 is 0. The van der Waals surface area contributed by atoms with Crippen molar-refractivity contribution in [1.29, 1.82) is 0 Å². The quantitative estimate of drug-likeness (QED) is 0.859. The Morgan fingerprint density at radius 2 is 2.00 bits per heavy atom. The first-order valence-corrected chi connectivity index (χ1v) is 9.06. The van der Waals surface area contributed by atoms with Gasteiger partial charge in [0.1, 0.15) is 5.82 Å². The predicted octanol–water partition coefficient (Wildman–Crippen LogP) is 2.97. The maximum atomic E-state index is 13.2. The molecule has 6 heteroatoms. The molecule has 3 fully saturated rings. The Bertz CT molecular complexity index is 598. The molecule has 1 amide bonds. The lowest BCUT2D eigenvalue weighted by Crippen LogP contribution is -2.39. The summed E-state index contributed by atoms with van der Waals surface area (Å²) in [5, 5.41) is 6.59. The van der Waals surface area contributed by atoms with Crippen LogP contribution >= 0.6 is 12.4 Å². The third-order valence-corrected chi connectivity index (χ3v) is 5.97. The van der Waals surface area contributed by atoms with E-state index in [-0.39, 0.29) is 47.6 Å². The smallest absolute Gasteiger partial charge is 0.224 e. The van der Waals surface area contributed by atoms with Gasteiger partial charge in [-0.05, 0) is 68.3 Å². The van der Waals surface area contributed by atoms with E-state index in [0.717, 1.165) is 57.4 Å². The molecule has 2 saturated heterocycles. The van der Waals surface area contributed by atoms with E-state index in [1.54, 1.807) is 12.1 Å². The van der Waals surface area contributed by atoms with E-state index in [1.807, 2.05) is 0 Å². The van der Waals surface area contributed by atoms with E-state index in [2.05, 4.69) is 10.6 Å². The molecule has 2 N–H and O–H groups in total. The van der Waals surface area contributed by atoms with Crippen LogP contribution in [0.4, 0.5) is 4.39 Å². The van der Waals surface area contributed by atoms with Crippen molar-refractivity contribution in [1.82, 2.24) is 10.6 Å². The van der Waals surface area contributed by atoms with Crippen molar-refractivity contribution in [3.8, 4) is 0 Å². The number of ether oxygens (including phenoxy) is 1. The van der Waals surface area contributed by atoms with Gasteiger partial charge in [0.05, 0.1) is 12.1 Å². The van der Waals surface area contributed by atoms with Crippen LogP contribution in [0.2, 0.25) is 0 Å². The molecular weight excluding hydrogens is 343 g/mol. The fourth-order valence-electron chi connectivity index (χ4n) is 4.38. The molecule has 2 aliphatic heterocycles. The Hall–Kier alpha value is -1.17. The molecule has 2 heterocycles. The predicted molar refractivity (Wildman–Crippen MR) is 96.1 cm³/mol. The summed E-state index contributed by atoms with van der Waals surface area (Å²) in [5.74, 6) is 0.0118. The highest BCUT2D eigenvalue weighted by Gasteiger charge is 2.58. The lowest BCUT2D eigenvalue weighted by Gasteiger charge is -2.27. The van der Waals surface area contributed by atoms with Gasteiger partial charge in [-0.3, -0.25) is 4.79 Å². The van der Waals surface area contributed by atoms with Crippen LogP contribution in [-0.2, 0) is 9.53 Å². The van der Waals surface area contributed by atoms with Gasteiger partial charge >= 0.3 is 0 Å².